The van der Waals surface area contributed by atoms with Crippen LogP contribution in [0.2, 0.25) is 5.02 Å². The van der Waals surface area contributed by atoms with Gasteiger partial charge in [-0.25, -0.2) is 35.4 Å². The molecule has 2 aromatic carbocycles. The summed E-state index contributed by atoms with van der Waals surface area (Å²) in [5, 5.41) is 18.8. The molecule has 0 spiro atoms. The number of aliphatic hydroxyl groups is 1. The molecule has 2 N–H and O–H groups in total. The Morgan fingerprint density at radius 1 is 0.973 bits per heavy atom. The maximum atomic E-state index is 15.6. The minimum Gasteiger partial charge on any atom is -0.394 e. The monoisotopic (exact) mass is 1090 g/mol. The molecule has 392 valence electrons. The Morgan fingerprint density at radius 3 is 2.23 bits per heavy atom. The molecule has 5 aromatic rings. The van der Waals surface area contributed by atoms with Gasteiger partial charge in [0.25, 0.3) is 5.92 Å². The largest absolute Gasteiger partial charge is 0.435 e. The average Bonchev–Trinajstić information content (AvgIpc) is 3.47. The first-order valence-electron chi connectivity index (χ1n) is 21.9. The number of sulfone groups is 1. The molecule has 4 heterocycles. The fourth-order valence-corrected chi connectivity index (χ4v) is 10.5. The van der Waals surface area contributed by atoms with Crippen LogP contribution in [0.4, 0.5) is 54.5 Å². The first kappa shape index (κ1) is 53.3. The molecule has 2 aliphatic carbocycles. The molecule has 4 atom stereocenters. The van der Waals surface area contributed by atoms with Crippen molar-refractivity contribution in [2.24, 2.45) is 5.92 Å². The Kier molecular flexibility index (Phi) is 13.5. The van der Waals surface area contributed by atoms with Crippen molar-refractivity contribution in [2.75, 3.05) is 30.0 Å². The Balaban J connectivity index is 1.36. The highest BCUT2D eigenvalue weighted by atomic mass is 35.5. The Hall–Kier alpha value is -5.98. The number of hydrogen-bond donors (Lipinski definition) is 2. The number of carbonyl (C=O) groups is 2. The quantitative estimate of drug-likeness (QED) is 0.0929. The fourth-order valence-electron chi connectivity index (χ4n) is 9.18. The maximum absolute atomic E-state index is 15.6. The molecular formula is C45H41ClF10N8O7S2. The lowest BCUT2D eigenvalue weighted by molar-refractivity contribution is -0.143. The van der Waals surface area contributed by atoms with Gasteiger partial charge in [0.15, 0.2) is 21.3 Å². The van der Waals surface area contributed by atoms with E-state index in [2.05, 4.69) is 32.3 Å². The number of benzene rings is 2. The van der Waals surface area contributed by atoms with Gasteiger partial charge in [-0.1, -0.05) is 23.6 Å². The minimum absolute atomic E-state index is 0.0694. The van der Waals surface area contributed by atoms with Crippen molar-refractivity contribution in [1.29, 1.82) is 0 Å². The number of anilines is 1. The molecule has 1 saturated heterocycles. The molecule has 8 rings (SSSR count). The van der Waals surface area contributed by atoms with Crippen molar-refractivity contribution in [3.63, 3.8) is 0 Å². The van der Waals surface area contributed by atoms with Crippen molar-refractivity contribution in [3.8, 4) is 23.0 Å². The van der Waals surface area contributed by atoms with Crippen LogP contribution in [0.3, 0.4) is 0 Å². The van der Waals surface area contributed by atoms with Crippen molar-refractivity contribution in [3.05, 3.63) is 93.0 Å². The predicted molar refractivity (Wildman–Crippen MR) is 242 cm³/mol. The predicted octanol–water partition coefficient (Wildman–Crippen LogP) is 7.63. The van der Waals surface area contributed by atoms with E-state index < -0.39 is 161 Å². The van der Waals surface area contributed by atoms with Gasteiger partial charge in [-0.15, -0.1) is 0 Å². The lowest BCUT2D eigenvalue weighted by Gasteiger charge is -2.28. The zero-order chi connectivity index (χ0) is 53.7. The molecule has 1 saturated carbocycles. The molecule has 15 nitrogen and oxygen atoms in total. The van der Waals surface area contributed by atoms with Crippen LogP contribution in [0.15, 0.2) is 42.5 Å². The highest BCUT2D eigenvalue weighted by molar-refractivity contribution is 7.93. The standard InChI is InChI=1S/C45H41ClF10N8O7S2/c1-42(2,72(3,68)69)12-11-25-7-8-27(28-9-10-31(46)35-37(28)63(21-43(49,50)51)60-40(35)64(73(4,70)71)41(67)61-13-5-6-26(61)20-65)36(57-25)32(16-22-14-23(47)17-24(48)15-22)58-33(66)19-62-39-34(38(59-62)45(54,55)56)29-18-30(29)44(39,52)53/h7-10,14-15,17,26,29-30,32,65H,5-6,13,16,18-21H2,1-4H3,(H,58,66)/t26-,29-,30+,32-/m0/s1. The molecule has 3 amide bonds. The second-order valence-electron chi connectivity index (χ2n) is 18.5. The summed E-state index contributed by atoms with van der Waals surface area (Å²) >= 11 is 6.69. The summed E-state index contributed by atoms with van der Waals surface area (Å²) < 4.78 is 199. The van der Waals surface area contributed by atoms with Gasteiger partial charge in [-0.05, 0) is 87.3 Å². The second-order valence-corrected chi connectivity index (χ2v) is 23.3. The number of sulfonamides is 1. The van der Waals surface area contributed by atoms with E-state index in [9.17, 15) is 66.7 Å². The Bertz CT molecular complexity index is 3370. The van der Waals surface area contributed by atoms with Gasteiger partial charge in [0, 0.05) is 41.5 Å². The first-order chi connectivity index (χ1) is 33.7. The molecule has 28 heteroatoms. The molecule has 0 unspecified atom stereocenters. The van der Waals surface area contributed by atoms with Crippen molar-refractivity contribution in [1.82, 2.24) is 34.8 Å². The van der Waals surface area contributed by atoms with Gasteiger partial charge in [-0.3, -0.25) is 14.2 Å². The van der Waals surface area contributed by atoms with E-state index in [0.29, 0.717) is 18.7 Å². The SMILES string of the molecule is CC(C)(C#Cc1ccc(-c2ccc(Cl)c3c(N(C(=O)N4CCC[C@H]4CO)S(C)(=O)=O)nn(CC(F)(F)F)c23)c([C@H](Cc2cc(F)cc(F)c2)NC(=O)Cn2nc(C(F)(F)F)c3c2C(F)(F)[C@@H]2C[C@H]32)n1)S(C)(=O)=O. The van der Waals surface area contributed by atoms with Crippen molar-refractivity contribution in [2.45, 2.75) is 93.6 Å². The number of amides is 3. The topological polar surface area (TPSA) is 190 Å². The van der Waals surface area contributed by atoms with Crippen molar-refractivity contribution < 1.29 is 75.4 Å². The van der Waals surface area contributed by atoms with Crippen LogP contribution >= 0.6 is 11.6 Å². The minimum atomic E-state index is -5.22. The summed E-state index contributed by atoms with van der Waals surface area (Å²) in [5.74, 6) is -5.95. The van der Waals surface area contributed by atoms with Gasteiger partial charge >= 0.3 is 18.4 Å². The number of rotatable bonds is 12. The zero-order valence-corrected chi connectivity index (χ0v) is 40.9. The highest BCUT2D eigenvalue weighted by Crippen LogP contribution is 2.68. The van der Waals surface area contributed by atoms with Crippen LogP contribution in [0.5, 0.6) is 0 Å². The van der Waals surface area contributed by atoms with Gasteiger partial charge in [0.2, 0.25) is 15.9 Å². The van der Waals surface area contributed by atoms with E-state index in [1.165, 1.54) is 13.8 Å². The Morgan fingerprint density at radius 2 is 1.63 bits per heavy atom. The van der Waals surface area contributed by atoms with E-state index in [4.69, 9.17) is 11.6 Å². The smallest absolute Gasteiger partial charge is 0.394 e. The fraction of sp³-hybridized carbons (Fsp3) is 0.444. The highest BCUT2D eigenvalue weighted by Gasteiger charge is 2.68. The Labute approximate surface area is 414 Å². The second kappa shape index (κ2) is 18.4. The summed E-state index contributed by atoms with van der Waals surface area (Å²) in [4.78, 5) is 33.9. The third kappa shape index (κ3) is 10.3. The van der Waals surface area contributed by atoms with Crippen molar-refractivity contribution >= 4 is 60.1 Å². The molecule has 3 aromatic heterocycles. The molecule has 1 aliphatic heterocycles. The third-order valence-corrected chi connectivity index (χ3v) is 16.1. The molecule has 3 aliphatic rings. The van der Waals surface area contributed by atoms with Gasteiger partial charge in [0.1, 0.15) is 40.9 Å². The summed E-state index contributed by atoms with van der Waals surface area (Å²) in [6.07, 6.45) is -9.32. The number of halogens is 11. The summed E-state index contributed by atoms with van der Waals surface area (Å²) in [6, 6.07) is 2.65. The normalized spacial score (nSPS) is 19.1. The number of fused-ring (bicyclic) bond motifs is 4. The van der Waals surface area contributed by atoms with E-state index in [1.54, 1.807) is 0 Å². The van der Waals surface area contributed by atoms with Crippen LogP contribution in [-0.4, -0.2) is 106 Å². The molecule has 0 radical (unpaired) electrons. The number of nitrogens with one attached hydrogen (secondary N) is 1. The zero-order valence-electron chi connectivity index (χ0n) is 38.5. The van der Waals surface area contributed by atoms with Crippen LogP contribution in [-0.2, 0) is 56.3 Å². The lowest BCUT2D eigenvalue weighted by Crippen LogP contribution is -2.49. The number of hydrogen-bond acceptors (Lipinski definition) is 10. The first-order valence-corrected chi connectivity index (χ1v) is 26.1. The molecular weight excluding hydrogens is 1050 g/mol. The van der Waals surface area contributed by atoms with Crippen LogP contribution < -0.4 is 9.62 Å². The molecule has 0 bridgehead atoms. The number of nitrogens with zero attached hydrogens (tertiary/aromatic N) is 7. The van der Waals surface area contributed by atoms with E-state index in [-0.39, 0.29) is 55.4 Å². The van der Waals surface area contributed by atoms with Crippen LogP contribution in [0.1, 0.15) is 79.0 Å². The van der Waals surface area contributed by atoms with Gasteiger partial charge in [-0.2, -0.15) is 49.6 Å². The van der Waals surface area contributed by atoms with Gasteiger partial charge < -0.3 is 15.3 Å². The number of urea groups is 1. The van der Waals surface area contributed by atoms with E-state index in [1.807, 2.05) is 0 Å². The number of aliphatic hydroxyl groups excluding tert-OH is 1. The summed E-state index contributed by atoms with van der Waals surface area (Å²) in [7, 11) is -8.72. The van der Waals surface area contributed by atoms with E-state index in [0.717, 1.165) is 47.6 Å². The van der Waals surface area contributed by atoms with E-state index >= 15 is 8.78 Å². The lowest BCUT2D eigenvalue weighted by atomic mass is 9.93. The number of aromatic nitrogens is 5. The number of alkyl halides is 8. The summed E-state index contributed by atoms with van der Waals surface area (Å²) in [6.45, 7) is -1.46. The van der Waals surface area contributed by atoms with Crippen LogP contribution in [0.25, 0.3) is 22.0 Å². The summed E-state index contributed by atoms with van der Waals surface area (Å²) in [5.41, 5.74) is -5.83. The number of likely N-dealkylation sites (tertiary alicyclic amines) is 1. The maximum Gasteiger partial charge on any atom is 0.435 e. The third-order valence-electron chi connectivity index (χ3n) is 12.8. The van der Waals surface area contributed by atoms with Crippen LogP contribution in [0, 0.1) is 29.4 Å². The van der Waals surface area contributed by atoms with Gasteiger partial charge in [0.05, 0.1) is 46.6 Å². The molecule has 2 fully saturated rings. The number of pyridine rings is 1. The average molecular weight is 1100 g/mol. The molecule has 73 heavy (non-hydrogen) atoms. The number of carbonyl (C=O) groups excluding carboxylic acids is 2.